The van der Waals surface area contributed by atoms with Gasteiger partial charge in [0.05, 0.1) is 6.10 Å². The van der Waals surface area contributed by atoms with Gasteiger partial charge < -0.3 is 4.74 Å². The van der Waals surface area contributed by atoms with E-state index < -0.39 is 0 Å². The minimum atomic E-state index is 0.212. The van der Waals surface area contributed by atoms with Crippen LogP contribution in [0.15, 0.2) is 12.7 Å². The van der Waals surface area contributed by atoms with Crippen molar-refractivity contribution >= 4 is 0 Å². The zero-order chi connectivity index (χ0) is 11.0. The minimum absolute atomic E-state index is 0.212. The second-order valence-corrected chi connectivity index (χ2v) is 4.07. The first-order valence-electron chi connectivity index (χ1n) is 5.86. The van der Waals surface area contributed by atoms with Gasteiger partial charge in [-0.05, 0) is 24.7 Å². The van der Waals surface area contributed by atoms with Crippen LogP contribution in [0.4, 0.5) is 0 Å². The van der Waals surface area contributed by atoms with E-state index in [0.717, 1.165) is 0 Å². The van der Waals surface area contributed by atoms with Crippen molar-refractivity contribution in [2.75, 3.05) is 7.11 Å². The lowest BCUT2D eigenvalue weighted by molar-refractivity contribution is 0.00740. The highest BCUT2D eigenvalue weighted by Crippen LogP contribution is 2.38. The summed E-state index contributed by atoms with van der Waals surface area (Å²) in [4.78, 5) is 0. The molecule has 1 heteroatoms. The molecule has 0 aromatic rings. The predicted octanol–water partition coefficient (Wildman–Crippen LogP) is 4.18. The van der Waals surface area contributed by atoms with Crippen LogP contribution in [0.25, 0.3) is 0 Å². The Balaban J connectivity index is 4.55. The lowest BCUT2D eigenvalue weighted by atomic mass is 9.73. The summed E-state index contributed by atoms with van der Waals surface area (Å²) >= 11 is 0. The van der Waals surface area contributed by atoms with Gasteiger partial charge >= 0.3 is 0 Å². The average molecular weight is 198 g/mol. The van der Waals surface area contributed by atoms with Gasteiger partial charge in [-0.15, -0.1) is 6.58 Å². The van der Waals surface area contributed by atoms with Crippen molar-refractivity contribution in [2.24, 2.45) is 5.41 Å². The molecule has 0 aromatic heterocycles. The van der Waals surface area contributed by atoms with Crippen LogP contribution in [0.5, 0.6) is 0 Å². The third kappa shape index (κ3) is 3.13. The fraction of sp³-hybridized carbons (Fsp3) is 0.846. The van der Waals surface area contributed by atoms with E-state index >= 15 is 0 Å². The van der Waals surface area contributed by atoms with Crippen LogP contribution in [0, 0.1) is 5.41 Å². The Kier molecular flexibility index (Phi) is 6.90. The third-order valence-corrected chi connectivity index (χ3v) is 3.51. The molecule has 0 N–H and O–H groups in total. The molecule has 0 aliphatic heterocycles. The van der Waals surface area contributed by atoms with Crippen LogP contribution >= 0.6 is 0 Å². The summed E-state index contributed by atoms with van der Waals surface area (Å²) in [6.07, 6.45) is 8.32. The van der Waals surface area contributed by atoms with Gasteiger partial charge in [-0.3, -0.25) is 0 Å². The van der Waals surface area contributed by atoms with Crippen molar-refractivity contribution in [2.45, 2.75) is 59.0 Å². The molecule has 1 nitrogen and oxygen atoms in total. The number of rotatable bonds is 8. The van der Waals surface area contributed by atoms with E-state index in [4.69, 9.17) is 4.74 Å². The molecule has 0 saturated carbocycles. The molecule has 0 bridgehead atoms. The fourth-order valence-corrected chi connectivity index (χ4v) is 2.27. The highest BCUT2D eigenvalue weighted by atomic mass is 16.5. The van der Waals surface area contributed by atoms with Crippen LogP contribution in [0.2, 0.25) is 0 Å². The summed E-state index contributed by atoms with van der Waals surface area (Å²) < 4.78 is 5.53. The zero-order valence-electron chi connectivity index (χ0n) is 10.3. The standard InChI is InChI=1S/C13H26O/c1-6-10-11-13(8-3,9-4)12(7-2)14-5/h7,12H,2,6,8-11H2,1,3-5H3. The largest absolute Gasteiger partial charge is 0.377 e. The quantitative estimate of drug-likeness (QED) is 0.531. The normalized spacial score (nSPS) is 14.0. The highest BCUT2D eigenvalue weighted by molar-refractivity contribution is 4.95. The molecule has 1 unspecified atom stereocenters. The number of hydrogen-bond acceptors (Lipinski definition) is 1. The number of ether oxygens (including phenoxy) is 1. The summed E-state index contributed by atoms with van der Waals surface area (Å²) in [5, 5.41) is 0. The molecule has 14 heavy (non-hydrogen) atoms. The van der Waals surface area contributed by atoms with Crippen molar-refractivity contribution < 1.29 is 4.74 Å². The highest BCUT2D eigenvalue weighted by Gasteiger charge is 2.33. The zero-order valence-corrected chi connectivity index (χ0v) is 10.3. The van der Waals surface area contributed by atoms with Gasteiger partial charge in [-0.2, -0.15) is 0 Å². The Morgan fingerprint density at radius 2 is 1.86 bits per heavy atom. The lowest BCUT2D eigenvalue weighted by Crippen LogP contribution is -2.34. The number of methoxy groups -OCH3 is 1. The van der Waals surface area contributed by atoms with E-state index in [9.17, 15) is 0 Å². The molecule has 0 radical (unpaired) electrons. The van der Waals surface area contributed by atoms with Crippen molar-refractivity contribution in [3.63, 3.8) is 0 Å². The first kappa shape index (κ1) is 13.7. The third-order valence-electron chi connectivity index (χ3n) is 3.51. The van der Waals surface area contributed by atoms with Gasteiger partial charge in [0.15, 0.2) is 0 Å². The Hall–Kier alpha value is -0.300. The van der Waals surface area contributed by atoms with E-state index in [2.05, 4.69) is 27.4 Å². The molecule has 0 aliphatic rings. The fourth-order valence-electron chi connectivity index (χ4n) is 2.27. The molecule has 0 aromatic carbocycles. The van der Waals surface area contributed by atoms with Crippen LogP contribution < -0.4 is 0 Å². The molecule has 84 valence electrons. The molecular formula is C13H26O. The Morgan fingerprint density at radius 1 is 1.29 bits per heavy atom. The monoisotopic (exact) mass is 198 g/mol. The van der Waals surface area contributed by atoms with Gasteiger partial charge in [0.25, 0.3) is 0 Å². The maximum Gasteiger partial charge on any atom is 0.0805 e. The molecular weight excluding hydrogens is 172 g/mol. The van der Waals surface area contributed by atoms with Gasteiger partial charge in [0.1, 0.15) is 0 Å². The smallest absolute Gasteiger partial charge is 0.0805 e. The second kappa shape index (κ2) is 7.05. The predicted molar refractivity (Wildman–Crippen MR) is 63.5 cm³/mol. The Labute approximate surface area is 89.5 Å². The summed E-state index contributed by atoms with van der Waals surface area (Å²) in [6, 6.07) is 0. The molecule has 1 atom stereocenters. The van der Waals surface area contributed by atoms with Crippen LogP contribution in [-0.2, 0) is 4.74 Å². The van der Waals surface area contributed by atoms with Crippen molar-refractivity contribution in [3.8, 4) is 0 Å². The molecule has 0 fully saturated rings. The molecule has 0 spiro atoms. The number of hydrogen-bond donors (Lipinski definition) is 0. The lowest BCUT2D eigenvalue weighted by Gasteiger charge is -2.37. The maximum atomic E-state index is 5.53. The van der Waals surface area contributed by atoms with Crippen LogP contribution in [0.1, 0.15) is 52.9 Å². The minimum Gasteiger partial charge on any atom is -0.377 e. The van der Waals surface area contributed by atoms with E-state index in [1.807, 2.05) is 6.08 Å². The van der Waals surface area contributed by atoms with Crippen molar-refractivity contribution in [3.05, 3.63) is 12.7 Å². The van der Waals surface area contributed by atoms with Crippen molar-refractivity contribution in [1.82, 2.24) is 0 Å². The van der Waals surface area contributed by atoms with Gasteiger partial charge in [0, 0.05) is 7.11 Å². The van der Waals surface area contributed by atoms with Gasteiger partial charge in [-0.1, -0.05) is 39.7 Å². The maximum absolute atomic E-state index is 5.53. The summed E-state index contributed by atoms with van der Waals surface area (Å²) in [6.45, 7) is 10.6. The molecule has 0 rings (SSSR count). The first-order chi connectivity index (χ1) is 6.70. The van der Waals surface area contributed by atoms with Crippen molar-refractivity contribution in [1.29, 1.82) is 0 Å². The molecule has 0 saturated heterocycles. The Bertz CT molecular complexity index is 147. The first-order valence-corrected chi connectivity index (χ1v) is 5.86. The summed E-state index contributed by atoms with van der Waals surface area (Å²) in [5.41, 5.74) is 0.312. The van der Waals surface area contributed by atoms with E-state index in [1.54, 1.807) is 7.11 Å². The van der Waals surface area contributed by atoms with Gasteiger partial charge in [-0.25, -0.2) is 0 Å². The SMILES string of the molecule is C=CC(OC)C(CC)(CC)CCCC. The van der Waals surface area contributed by atoms with E-state index in [0.29, 0.717) is 5.41 Å². The topological polar surface area (TPSA) is 9.23 Å². The average Bonchev–Trinajstić information content (AvgIpc) is 2.24. The Morgan fingerprint density at radius 3 is 2.14 bits per heavy atom. The van der Waals surface area contributed by atoms with Gasteiger partial charge in [0.2, 0.25) is 0 Å². The van der Waals surface area contributed by atoms with Crippen LogP contribution in [0.3, 0.4) is 0 Å². The summed E-state index contributed by atoms with van der Waals surface area (Å²) in [5.74, 6) is 0. The van der Waals surface area contributed by atoms with E-state index in [-0.39, 0.29) is 6.10 Å². The van der Waals surface area contributed by atoms with Crippen LogP contribution in [-0.4, -0.2) is 13.2 Å². The van der Waals surface area contributed by atoms with E-state index in [1.165, 1.54) is 32.1 Å². The number of unbranched alkanes of at least 4 members (excludes halogenated alkanes) is 1. The second-order valence-electron chi connectivity index (χ2n) is 4.07. The molecule has 0 amide bonds. The molecule has 0 heterocycles. The summed E-state index contributed by atoms with van der Waals surface area (Å²) in [7, 11) is 1.79. The molecule has 0 aliphatic carbocycles.